The van der Waals surface area contributed by atoms with Crippen molar-refractivity contribution in [1.82, 2.24) is 10.2 Å². The van der Waals surface area contributed by atoms with Crippen LogP contribution in [0.15, 0.2) is 0 Å². The molecule has 0 aromatic carbocycles. The second-order valence-electron chi connectivity index (χ2n) is 3.69. The zero-order valence-corrected chi connectivity index (χ0v) is 10.5. The van der Waals surface area contributed by atoms with E-state index >= 15 is 0 Å². The lowest BCUT2D eigenvalue weighted by Gasteiger charge is -2.26. The first kappa shape index (κ1) is 14.7. The van der Waals surface area contributed by atoms with Gasteiger partial charge < -0.3 is 15.0 Å². The molecule has 5 heteroatoms. The van der Waals surface area contributed by atoms with Gasteiger partial charge in [0, 0.05) is 26.2 Å². The third-order valence-electron chi connectivity index (χ3n) is 2.69. The molecule has 0 saturated carbocycles. The molecule has 2 atom stereocenters. The van der Waals surface area contributed by atoms with Gasteiger partial charge in [-0.1, -0.05) is 0 Å². The fourth-order valence-corrected chi connectivity index (χ4v) is 1.76. The Balaban J connectivity index is 0.00000196. The summed E-state index contributed by atoms with van der Waals surface area (Å²) < 4.78 is 5.27. The number of halogens is 1. The predicted molar refractivity (Wildman–Crippen MR) is 62.4 cm³/mol. The molecule has 0 radical (unpaired) electrons. The van der Waals surface area contributed by atoms with Gasteiger partial charge in [0.25, 0.3) is 5.91 Å². The number of carbonyl (C=O) groups excluding carboxylic acids is 1. The molecule has 1 saturated heterocycles. The van der Waals surface area contributed by atoms with Crippen molar-refractivity contribution in [3.63, 3.8) is 0 Å². The summed E-state index contributed by atoms with van der Waals surface area (Å²) in [6.07, 6.45) is 0.728. The predicted octanol–water partition coefficient (Wildman–Crippen LogP) is 0.653. The Morgan fingerprint density at radius 1 is 1.67 bits per heavy atom. The number of carbonyl (C=O) groups is 1. The first-order valence-electron chi connectivity index (χ1n) is 5.25. The minimum absolute atomic E-state index is 0. The molecule has 1 heterocycles. The molecule has 0 aliphatic carbocycles. The molecule has 0 aromatic heterocycles. The molecule has 1 rings (SSSR count). The zero-order chi connectivity index (χ0) is 10.6. The Morgan fingerprint density at radius 2 is 2.33 bits per heavy atom. The van der Waals surface area contributed by atoms with Gasteiger partial charge in [0.15, 0.2) is 0 Å². The third-order valence-corrected chi connectivity index (χ3v) is 2.69. The van der Waals surface area contributed by atoms with Crippen LogP contribution in [-0.4, -0.2) is 49.7 Å². The molecule has 1 aliphatic rings. The standard InChI is InChI=1S/C10H20N2O2.ClH/c1-4-14-8(2)10(13)12(3)9-5-6-11-7-9;/h8-9,11H,4-7H2,1-3H3;1H. The molecule has 2 unspecified atom stereocenters. The highest BCUT2D eigenvalue weighted by Gasteiger charge is 2.26. The second kappa shape index (κ2) is 7.04. The number of amides is 1. The number of hydrogen-bond donors (Lipinski definition) is 1. The molecule has 0 spiro atoms. The molecule has 0 bridgehead atoms. The molecule has 1 aliphatic heterocycles. The molecular formula is C10H21ClN2O2. The van der Waals surface area contributed by atoms with Crippen molar-refractivity contribution in [3.8, 4) is 0 Å². The lowest BCUT2D eigenvalue weighted by molar-refractivity contribution is -0.142. The highest BCUT2D eigenvalue weighted by molar-refractivity contribution is 5.85. The normalized spacial score (nSPS) is 21.9. The van der Waals surface area contributed by atoms with Gasteiger partial charge in [-0.2, -0.15) is 0 Å². The summed E-state index contributed by atoms with van der Waals surface area (Å²) in [5.41, 5.74) is 0. The average Bonchev–Trinajstić information content (AvgIpc) is 2.68. The summed E-state index contributed by atoms with van der Waals surface area (Å²) in [4.78, 5) is 13.6. The average molecular weight is 237 g/mol. The molecule has 1 amide bonds. The number of ether oxygens (including phenoxy) is 1. The van der Waals surface area contributed by atoms with E-state index in [1.807, 2.05) is 20.9 Å². The van der Waals surface area contributed by atoms with Gasteiger partial charge in [-0.3, -0.25) is 4.79 Å². The Kier molecular flexibility index (Phi) is 6.89. The van der Waals surface area contributed by atoms with E-state index in [-0.39, 0.29) is 24.4 Å². The maximum Gasteiger partial charge on any atom is 0.251 e. The van der Waals surface area contributed by atoms with Crippen molar-refractivity contribution in [2.75, 3.05) is 26.7 Å². The molecule has 0 aromatic rings. The van der Waals surface area contributed by atoms with Gasteiger partial charge in [0.2, 0.25) is 0 Å². The van der Waals surface area contributed by atoms with Crippen molar-refractivity contribution in [1.29, 1.82) is 0 Å². The SMILES string of the molecule is CCOC(C)C(=O)N(C)C1CCNC1.Cl. The quantitative estimate of drug-likeness (QED) is 0.780. The van der Waals surface area contributed by atoms with E-state index in [4.69, 9.17) is 4.74 Å². The molecule has 1 fully saturated rings. The van der Waals surface area contributed by atoms with Crippen LogP contribution in [0.25, 0.3) is 0 Å². The van der Waals surface area contributed by atoms with Crippen LogP contribution in [0.1, 0.15) is 20.3 Å². The van der Waals surface area contributed by atoms with Gasteiger partial charge in [-0.15, -0.1) is 12.4 Å². The van der Waals surface area contributed by atoms with Crippen LogP contribution < -0.4 is 5.32 Å². The van der Waals surface area contributed by atoms with E-state index in [0.29, 0.717) is 12.6 Å². The summed E-state index contributed by atoms with van der Waals surface area (Å²) in [7, 11) is 1.86. The number of rotatable bonds is 4. The van der Waals surface area contributed by atoms with Gasteiger partial charge in [0.1, 0.15) is 6.10 Å². The lowest BCUT2D eigenvalue weighted by atomic mass is 10.2. The Labute approximate surface area is 97.8 Å². The van der Waals surface area contributed by atoms with E-state index in [2.05, 4.69) is 5.32 Å². The third kappa shape index (κ3) is 3.97. The van der Waals surface area contributed by atoms with Crippen LogP contribution >= 0.6 is 12.4 Å². The van der Waals surface area contributed by atoms with Gasteiger partial charge in [-0.25, -0.2) is 0 Å². The van der Waals surface area contributed by atoms with Gasteiger partial charge >= 0.3 is 0 Å². The Hall–Kier alpha value is -0.320. The highest BCUT2D eigenvalue weighted by atomic mass is 35.5. The number of likely N-dealkylation sites (N-methyl/N-ethyl adjacent to an activating group) is 1. The monoisotopic (exact) mass is 236 g/mol. The van der Waals surface area contributed by atoms with Crippen LogP contribution in [0.4, 0.5) is 0 Å². The van der Waals surface area contributed by atoms with Crippen LogP contribution in [0.2, 0.25) is 0 Å². The van der Waals surface area contributed by atoms with Crippen molar-refractivity contribution < 1.29 is 9.53 Å². The van der Waals surface area contributed by atoms with Crippen LogP contribution in [0.5, 0.6) is 0 Å². The van der Waals surface area contributed by atoms with Crippen LogP contribution in [0.3, 0.4) is 0 Å². The maximum atomic E-state index is 11.8. The molecule has 1 N–H and O–H groups in total. The van der Waals surface area contributed by atoms with Crippen molar-refractivity contribution >= 4 is 18.3 Å². The lowest BCUT2D eigenvalue weighted by Crippen LogP contribution is -2.43. The Morgan fingerprint density at radius 3 is 2.80 bits per heavy atom. The zero-order valence-electron chi connectivity index (χ0n) is 9.66. The summed E-state index contributed by atoms with van der Waals surface area (Å²) in [6.45, 7) is 6.21. The van der Waals surface area contributed by atoms with Gasteiger partial charge in [-0.05, 0) is 26.8 Å². The summed E-state index contributed by atoms with van der Waals surface area (Å²) >= 11 is 0. The highest BCUT2D eigenvalue weighted by Crippen LogP contribution is 2.08. The minimum atomic E-state index is -0.314. The number of nitrogens with zero attached hydrogens (tertiary/aromatic N) is 1. The van der Waals surface area contributed by atoms with Crippen LogP contribution in [-0.2, 0) is 9.53 Å². The smallest absolute Gasteiger partial charge is 0.251 e. The molecular weight excluding hydrogens is 216 g/mol. The first-order chi connectivity index (χ1) is 6.66. The fourth-order valence-electron chi connectivity index (χ4n) is 1.76. The molecule has 90 valence electrons. The van der Waals surface area contributed by atoms with Crippen LogP contribution in [0, 0.1) is 0 Å². The van der Waals surface area contributed by atoms with Crippen molar-refractivity contribution in [2.45, 2.75) is 32.4 Å². The number of hydrogen-bond acceptors (Lipinski definition) is 3. The molecule has 4 nitrogen and oxygen atoms in total. The first-order valence-corrected chi connectivity index (χ1v) is 5.25. The van der Waals surface area contributed by atoms with E-state index in [1.54, 1.807) is 4.90 Å². The second-order valence-corrected chi connectivity index (χ2v) is 3.69. The Bertz CT molecular complexity index is 196. The fraction of sp³-hybridized carbons (Fsp3) is 0.900. The van der Waals surface area contributed by atoms with E-state index in [0.717, 1.165) is 19.5 Å². The summed E-state index contributed by atoms with van der Waals surface area (Å²) in [6, 6.07) is 0.338. The van der Waals surface area contributed by atoms with Crippen molar-refractivity contribution in [2.24, 2.45) is 0 Å². The van der Waals surface area contributed by atoms with Crippen molar-refractivity contribution in [3.05, 3.63) is 0 Å². The van der Waals surface area contributed by atoms with Gasteiger partial charge in [0.05, 0.1) is 0 Å². The van der Waals surface area contributed by atoms with E-state index in [9.17, 15) is 4.79 Å². The largest absolute Gasteiger partial charge is 0.369 e. The minimum Gasteiger partial charge on any atom is -0.369 e. The summed E-state index contributed by atoms with van der Waals surface area (Å²) in [5, 5.41) is 3.24. The molecule has 15 heavy (non-hydrogen) atoms. The maximum absolute atomic E-state index is 11.8. The number of nitrogens with one attached hydrogen (secondary N) is 1. The topological polar surface area (TPSA) is 41.6 Å². The van der Waals surface area contributed by atoms with E-state index in [1.165, 1.54) is 0 Å². The van der Waals surface area contributed by atoms with E-state index < -0.39 is 0 Å². The summed E-state index contributed by atoms with van der Waals surface area (Å²) in [5.74, 6) is 0.0838.